The van der Waals surface area contributed by atoms with E-state index in [4.69, 9.17) is 31.1 Å². The van der Waals surface area contributed by atoms with Gasteiger partial charge in [-0.05, 0) is 42.1 Å². The quantitative estimate of drug-likeness (QED) is 0.223. The van der Waals surface area contributed by atoms with Crippen LogP contribution in [-0.2, 0) is 18.0 Å². The van der Waals surface area contributed by atoms with E-state index in [2.05, 4.69) is 11.1 Å². The molecule has 4 aromatic rings. The molecule has 0 radical (unpaired) electrons. The number of ether oxygens (including phenoxy) is 3. The highest BCUT2D eigenvalue weighted by Gasteiger charge is 2.18. The molecule has 0 N–H and O–H groups in total. The zero-order valence-electron chi connectivity index (χ0n) is 17.7. The molecule has 0 atom stereocenters. The molecule has 0 saturated carbocycles. The highest BCUT2D eigenvalue weighted by atomic mass is 35.5. The van der Waals surface area contributed by atoms with E-state index >= 15 is 0 Å². The van der Waals surface area contributed by atoms with E-state index in [9.17, 15) is 4.79 Å². The van der Waals surface area contributed by atoms with Gasteiger partial charge in [0.1, 0.15) is 29.9 Å². The van der Waals surface area contributed by atoms with E-state index in [1.807, 2.05) is 41.8 Å². The van der Waals surface area contributed by atoms with Crippen molar-refractivity contribution in [3.8, 4) is 17.6 Å². The van der Waals surface area contributed by atoms with E-state index in [0.717, 1.165) is 15.8 Å². The summed E-state index contributed by atoms with van der Waals surface area (Å²) >= 11 is 7.74. The summed E-state index contributed by atoms with van der Waals surface area (Å²) in [4.78, 5) is 16.4. The predicted octanol–water partition coefficient (Wildman–Crippen LogP) is 6.16. The third-order valence-corrected chi connectivity index (χ3v) is 6.16. The largest absolute Gasteiger partial charge is 0.489 e. The van der Waals surface area contributed by atoms with Crippen LogP contribution in [0.5, 0.6) is 11.5 Å². The maximum atomic E-state index is 12.2. The average Bonchev–Trinajstić information content (AvgIpc) is 3.27. The summed E-state index contributed by atoms with van der Waals surface area (Å²) in [6.45, 7) is 2.68. The van der Waals surface area contributed by atoms with Gasteiger partial charge in [0, 0.05) is 23.2 Å². The predicted molar refractivity (Wildman–Crippen MR) is 127 cm³/mol. The number of carbonyl (C=O) groups excluding carboxylic acids is 1. The van der Waals surface area contributed by atoms with Gasteiger partial charge >= 0.3 is 5.97 Å². The molecule has 0 fully saturated rings. The maximum absolute atomic E-state index is 12.2. The van der Waals surface area contributed by atoms with Crippen molar-refractivity contribution in [2.45, 2.75) is 20.1 Å². The lowest BCUT2D eigenvalue weighted by Crippen LogP contribution is -2.05. The minimum absolute atomic E-state index is 0.257. The Hall–Kier alpha value is -3.60. The zero-order chi connectivity index (χ0) is 23.2. The molecule has 0 saturated heterocycles. The van der Waals surface area contributed by atoms with Crippen LogP contribution >= 0.6 is 22.9 Å². The van der Waals surface area contributed by atoms with Crippen LogP contribution < -0.4 is 9.47 Å². The van der Waals surface area contributed by atoms with Crippen molar-refractivity contribution in [1.82, 2.24) is 4.98 Å². The number of halogens is 1. The van der Waals surface area contributed by atoms with Crippen molar-refractivity contribution in [3.63, 3.8) is 0 Å². The van der Waals surface area contributed by atoms with Gasteiger partial charge in [-0.1, -0.05) is 29.8 Å². The van der Waals surface area contributed by atoms with Crippen molar-refractivity contribution < 1.29 is 19.0 Å². The van der Waals surface area contributed by atoms with Crippen molar-refractivity contribution in [1.29, 1.82) is 5.26 Å². The minimum Gasteiger partial charge on any atom is -0.489 e. The third-order valence-electron chi connectivity index (χ3n) is 4.81. The maximum Gasteiger partial charge on any atom is 0.341 e. The van der Waals surface area contributed by atoms with Gasteiger partial charge in [-0.2, -0.15) is 5.26 Å². The Morgan fingerprint density at radius 2 is 1.85 bits per heavy atom. The number of rotatable bonds is 8. The van der Waals surface area contributed by atoms with Crippen molar-refractivity contribution >= 4 is 39.0 Å². The second kappa shape index (κ2) is 10.3. The van der Waals surface area contributed by atoms with Gasteiger partial charge in [-0.25, -0.2) is 9.78 Å². The molecule has 2 aromatic carbocycles. The minimum atomic E-state index is -0.423. The first-order valence-corrected chi connectivity index (χ1v) is 11.4. The molecular formula is C25H19ClN2O4S. The molecule has 0 bridgehead atoms. The van der Waals surface area contributed by atoms with Crippen molar-refractivity contribution in [2.75, 3.05) is 6.61 Å². The topological polar surface area (TPSA) is 81.4 Å². The fourth-order valence-corrected chi connectivity index (χ4v) is 4.56. The molecule has 4 rings (SSSR count). The summed E-state index contributed by atoms with van der Waals surface area (Å²) in [6, 6.07) is 16.7. The van der Waals surface area contributed by atoms with Gasteiger partial charge in [0.05, 0.1) is 28.5 Å². The summed E-state index contributed by atoms with van der Waals surface area (Å²) < 4.78 is 17.7. The lowest BCUT2D eigenvalue weighted by Gasteiger charge is -2.10. The van der Waals surface area contributed by atoms with Crippen molar-refractivity contribution in [2.24, 2.45) is 0 Å². The molecule has 0 aliphatic carbocycles. The van der Waals surface area contributed by atoms with Gasteiger partial charge in [-0.3, -0.25) is 0 Å². The van der Waals surface area contributed by atoms with E-state index in [-0.39, 0.29) is 13.2 Å². The fourth-order valence-electron chi connectivity index (χ4n) is 3.18. The van der Waals surface area contributed by atoms with Crippen LogP contribution in [0.25, 0.3) is 10.1 Å². The first-order chi connectivity index (χ1) is 16.1. The number of nitrogens with zero attached hydrogens (tertiary/aromatic N) is 2. The van der Waals surface area contributed by atoms with Gasteiger partial charge in [-0.15, -0.1) is 11.3 Å². The molecule has 0 amide bonds. The number of pyridine rings is 1. The summed E-state index contributed by atoms with van der Waals surface area (Å²) in [5, 5.41) is 11.8. The molecule has 166 valence electrons. The van der Waals surface area contributed by atoms with E-state index in [1.165, 1.54) is 17.5 Å². The smallest absolute Gasteiger partial charge is 0.341 e. The van der Waals surface area contributed by atoms with E-state index in [0.29, 0.717) is 39.8 Å². The normalized spacial score (nSPS) is 10.6. The zero-order valence-corrected chi connectivity index (χ0v) is 19.3. The number of esters is 1. The van der Waals surface area contributed by atoms with Crippen LogP contribution in [0.4, 0.5) is 0 Å². The summed E-state index contributed by atoms with van der Waals surface area (Å²) in [6.07, 6.45) is 1.44. The molecular weight excluding hydrogens is 460 g/mol. The third kappa shape index (κ3) is 5.25. The standard InChI is InChI=1S/C25H19ClN2O4S/c1-2-30-25(29)21-12-28-24(26)22-18(15-33-23(21)22)14-32-20-5-3-4-19(10-20)31-13-17-8-6-16(11-27)7-9-17/h3-10,12,15H,2,13-14H2,1H3. The number of nitriles is 1. The highest BCUT2D eigenvalue weighted by Crippen LogP contribution is 2.34. The first kappa shape index (κ1) is 22.6. The van der Waals surface area contributed by atoms with Crippen LogP contribution in [0.3, 0.4) is 0 Å². The Bertz CT molecular complexity index is 1330. The Morgan fingerprint density at radius 1 is 1.12 bits per heavy atom. The number of fused-ring (bicyclic) bond motifs is 1. The SMILES string of the molecule is CCOC(=O)c1cnc(Cl)c2c(COc3cccc(OCc4ccc(C#N)cc4)c3)csc12. The van der Waals surface area contributed by atoms with Crippen molar-refractivity contribution in [3.05, 3.63) is 87.5 Å². The second-order valence-electron chi connectivity index (χ2n) is 7.01. The lowest BCUT2D eigenvalue weighted by molar-refractivity contribution is 0.0528. The second-order valence-corrected chi connectivity index (χ2v) is 8.25. The Balaban J connectivity index is 1.45. The molecule has 33 heavy (non-hydrogen) atoms. The van der Waals surface area contributed by atoms with E-state index < -0.39 is 5.97 Å². The monoisotopic (exact) mass is 478 g/mol. The van der Waals surface area contributed by atoms with Crippen LogP contribution in [-0.4, -0.2) is 17.6 Å². The summed E-state index contributed by atoms with van der Waals surface area (Å²) in [7, 11) is 0. The molecule has 6 nitrogen and oxygen atoms in total. The highest BCUT2D eigenvalue weighted by molar-refractivity contribution is 7.17. The number of benzene rings is 2. The number of carbonyl (C=O) groups is 1. The summed E-state index contributed by atoms with van der Waals surface area (Å²) in [5.41, 5.74) is 2.80. The van der Waals surface area contributed by atoms with Crippen LogP contribution in [0.2, 0.25) is 5.15 Å². The summed E-state index contributed by atoms with van der Waals surface area (Å²) in [5.74, 6) is 0.877. The molecule has 0 spiro atoms. The van der Waals surface area contributed by atoms with Gasteiger partial charge in [0.25, 0.3) is 0 Å². The Labute approximate surface area is 199 Å². The van der Waals surface area contributed by atoms with Crippen LogP contribution in [0, 0.1) is 11.3 Å². The molecule has 2 aromatic heterocycles. The molecule has 8 heteroatoms. The van der Waals surface area contributed by atoms with Crippen LogP contribution in [0.1, 0.15) is 34.0 Å². The number of aromatic nitrogens is 1. The average molecular weight is 479 g/mol. The van der Waals surface area contributed by atoms with Gasteiger partial charge in [0.15, 0.2) is 0 Å². The van der Waals surface area contributed by atoms with Gasteiger partial charge in [0.2, 0.25) is 0 Å². The Kier molecular flexibility index (Phi) is 7.08. The number of hydrogen-bond acceptors (Lipinski definition) is 7. The Morgan fingerprint density at radius 3 is 2.55 bits per heavy atom. The van der Waals surface area contributed by atoms with E-state index in [1.54, 1.807) is 19.1 Å². The molecule has 0 unspecified atom stereocenters. The molecule has 0 aliphatic heterocycles. The lowest BCUT2D eigenvalue weighted by atomic mass is 10.1. The number of thiophene rings is 1. The van der Waals surface area contributed by atoms with Gasteiger partial charge < -0.3 is 14.2 Å². The van der Waals surface area contributed by atoms with Crippen LogP contribution in [0.15, 0.2) is 60.1 Å². The first-order valence-electron chi connectivity index (χ1n) is 10.2. The fraction of sp³-hybridized carbons (Fsp3) is 0.160. The number of hydrogen-bond donors (Lipinski definition) is 0. The molecule has 2 heterocycles. The molecule has 0 aliphatic rings.